The molecular weight excluding hydrogens is 283 g/mol. The van der Waals surface area contributed by atoms with Gasteiger partial charge in [-0.15, -0.1) is 0 Å². The van der Waals surface area contributed by atoms with Gasteiger partial charge in [0.1, 0.15) is 5.82 Å². The lowest BCUT2D eigenvalue weighted by atomic mass is 10.1. The Bertz CT molecular complexity index is 658. The molecule has 0 saturated heterocycles. The first-order valence-corrected chi connectivity index (χ1v) is 7.15. The van der Waals surface area contributed by atoms with Crippen LogP contribution in [-0.2, 0) is 13.6 Å². The normalized spacial score (nSPS) is 12.0. The van der Waals surface area contributed by atoms with Gasteiger partial charge in [0.25, 0.3) is 0 Å². The van der Waals surface area contributed by atoms with E-state index in [2.05, 4.69) is 15.7 Å². The number of hydrogen-bond acceptors (Lipinski definition) is 2. The molecule has 1 heterocycles. The van der Waals surface area contributed by atoms with E-state index in [0.717, 1.165) is 11.1 Å². The maximum Gasteiger partial charge on any atom is 0.315 e. The first-order valence-electron chi connectivity index (χ1n) is 7.15. The number of nitrogens with zero attached hydrogens (tertiary/aromatic N) is 2. The maximum atomic E-state index is 13.6. The number of rotatable bonds is 4. The third kappa shape index (κ3) is 3.84. The van der Waals surface area contributed by atoms with Crippen LogP contribution in [0.1, 0.15) is 35.2 Å². The van der Waals surface area contributed by atoms with E-state index in [0.29, 0.717) is 17.7 Å². The molecule has 5 nitrogen and oxygen atoms in total. The summed E-state index contributed by atoms with van der Waals surface area (Å²) in [6.07, 6.45) is 3.58. The number of halogens is 1. The molecule has 2 amide bonds. The van der Waals surface area contributed by atoms with Crippen molar-refractivity contribution in [1.29, 1.82) is 0 Å². The molecule has 0 bridgehead atoms. The van der Waals surface area contributed by atoms with Gasteiger partial charge in [0.15, 0.2) is 0 Å². The largest absolute Gasteiger partial charge is 0.334 e. The third-order valence-electron chi connectivity index (χ3n) is 3.52. The Labute approximate surface area is 129 Å². The van der Waals surface area contributed by atoms with Crippen LogP contribution in [0.25, 0.3) is 0 Å². The maximum absolute atomic E-state index is 13.6. The minimum Gasteiger partial charge on any atom is -0.334 e. The van der Waals surface area contributed by atoms with E-state index < -0.39 is 0 Å². The first kappa shape index (κ1) is 16.0. The van der Waals surface area contributed by atoms with Gasteiger partial charge in [-0.3, -0.25) is 4.68 Å². The highest BCUT2D eigenvalue weighted by atomic mass is 19.1. The average molecular weight is 304 g/mol. The quantitative estimate of drug-likeness (QED) is 0.912. The smallest absolute Gasteiger partial charge is 0.315 e. The summed E-state index contributed by atoms with van der Waals surface area (Å²) in [5.74, 6) is -0.196. The van der Waals surface area contributed by atoms with Crippen LogP contribution in [0, 0.1) is 19.7 Å². The predicted octanol–water partition coefficient (Wildman–Crippen LogP) is 2.74. The zero-order valence-electron chi connectivity index (χ0n) is 13.3. The first-order chi connectivity index (χ1) is 10.4. The molecule has 1 unspecified atom stereocenters. The lowest BCUT2D eigenvalue weighted by Gasteiger charge is -2.14. The molecule has 0 radical (unpaired) electrons. The Morgan fingerprint density at radius 2 is 2.00 bits per heavy atom. The van der Waals surface area contributed by atoms with Crippen LogP contribution < -0.4 is 10.6 Å². The summed E-state index contributed by atoms with van der Waals surface area (Å²) in [4.78, 5) is 11.9. The third-order valence-corrected chi connectivity index (χ3v) is 3.52. The van der Waals surface area contributed by atoms with Crippen molar-refractivity contribution in [3.05, 3.63) is 52.6 Å². The fourth-order valence-corrected chi connectivity index (χ4v) is 2.31. The van der Waals surface area contributed by atoms with Gasteiger partial charge in [-0.1, -0.05) is 12.1 Å². The summed E-state index contributed by atoms with van der Waals surface area (Å²) in [6, 6.07) is 3.08. The molecule has 0 aliphatic heterocycles. The second-order valence-electron chi connectivity index (χ2n) is 5.54. The van der Waals surface area contributed by atoms with Crippen LogP contribution in [0.5, 0.6) is 0 Å². The Hall–Kier alpha value is -2.37. The van der Waals surface area contributed by atoms with Gasteiger partial charge in [-0.2, -0.15) is 5.10 Å². The molecule has 0 spiro atoms. The van der Waals surface area contributed by atoms with E-state index >= 15 is 0 Å². The van der Waals surface area contributed by atoms with Crippen molar-refractivity contribution in [1.82, 2.24) is 20.4 Å². The molecule has 1 aromatic carbocycles. The molecule has 0 aliphatic carbocycles. The minimum atomic E-state index is -0.268. The van der Waals surface area contributed by atoms with Crippen molar-refractivity contribution >= 4 is 6.03 Å². The monoisotopic (exact) mass is 304 g/mol. The summed E-state index contributed by atoms with van der Waals surface area (Å²) in [7, 11) is 1.83. The summed E-state index contributed by atoms with van der Waals surface area (Å²) in [5, 5.41) is 9.70. The highest BCUT2D eigenvalue weighted by Gasteiger charge is 2.11. The van der Waals surface area contributed by atoms with Gasteiger partial charge in [0.05, 0.1) is 12.2 Å². The lowest BCUT2D eigenvalue weighted by molar-refractivity contribution is 0.237. The molecule has 0 fully saturated rings. The number of carbonyl (C=O) groups is 1. The zero-order chi connectivity index (χ0) is 16.3. The standard InChI is InChI=1S/C16H21FN4O/c1-10-5-13(6-11(2)15(10)17)7-18-16(22)20-12(3)14-8-19-21(4)9-14/h5-6,8-9,12H,7H2,1-4H3,(H2,18,20,22). The van der Waals surface area contributed by atoms with Gasteiger partial charge in [0.2, 0.25) is 0 Å². The molecule has 22 heavy (non-hydrogen) atoms. The SMILES string of the molecule is Cc1cc(CNC(=O)NC(C)c2cnn(C)c2)cc(C)c1F. The van der Waals surface area contributed by atoms with E-state index in [1.165, 1.54) is 0 Å². The summed E-state index contributed by atoms with van der Waals surface area (Å²) >= 11 is 0. The number of aromatic nitrogens is 2. The van der Waals surface area contributed by atoms with Crippen LogP contribution in [0.3, 0.4) is 0 Å². The van der Waals surface area contributed by atoms with Crippen LogP contribution in [0.15, 0.2) is 24.5 Å². The number of carbonyl (C=O) groups excluding carboxylic acids is 1. The second-order valence-corrected chi connectivity index (χ2v) is 5.54. The van der Waals surface area contributed by atoms with Crippen LogP contribution >= 0.6 is 0 Å². The van der Waals surface area contributed by atoms with Gasteiger partial charge in [0, 0.05) is 25.4 Å². The van der Waals surface area contributed by atoms with Crippen molar-refractivity contribution in [2.24, 2.45) is 7.05 Å². The topological polar surface area (TPSA) is 59.0 Å². The van der Waals surface area contributed by atoms with Gasteiger partial charge in [-0.25, -0.2) is 9.18 Å². The highest BCUT2D eigenvalue weighted by Crippen LogP contribution is 2.14. The molecule has 118 valence electrons. The fourth-order valence-electron chi connectivity index (χ4n) is 2.31. The van der Waals surface area contributed by atoms with E-state index in [1.54, 1.807) is 36.9 Å². The van der Waals surface area contributed by atoms with Crippen molar-refractivity contribution in [3.8, 4) is 0 Å². The molecule has 6 heteroatoms. The van der Waals surface area contributed by atoms with E-state index in [4.69, 9.17) is 0 Å². The molecule has 2 aromatic rings. The Balaban J connectivity index is 1.90. The summed E-state index contributed by atoms with van der Waals surface area (Å²) < 4.78 is 15.3. The minimum absolute atomic E-state index is 0.134. The Kier molecular flexibility index (Phi) is 4.80. The zero-order valence-corrected chi connectivity index (χ0v) is 13.3. The van der Waals surface area contributed by atoms with E-state index in [1.807, 2.05) is 20.2 Å². The fraction of sp³-hybridized carbons (Fsp3) is 0.375. The molecular formula is C16H21FN4O. The molecule has 2 N–H and O–H groups in total. The van der Waals surface area contributed by atoms with Crippen molar-refractivity contribution in [2.75, 3.05) is 0 Å². The Morgan fingerprint density at radius 3 is 2.55 bits per heavy atom. The number of hydrogen-bond donors (Lipinski definition) is 2. The Morgan fingerprint density at radius 1 is 1.36 bits per heavy atom. The summed E-state index contributed by atoms with van der Waals surface area (Å²) in [6.45, 7) is 5.68. The number of urea groups is 1. The number of aryl methyl sites for hydroxylation is 3. The average Bonchev–Trinajstić information content (AvgIpc) is 2.89. The molecule has 1 atom stereocenters. The van der Waals surface area contributed by atoms with Crippen LogP contribution in [-0.4, -0.2) is 15.8 Å². The van der Waals surface area contributed by atoms with Crippen molar-refractivity contribution in [2.45, 2.75) is 33.4 Å². The molecule has 0 aliphatic rings. The lowest BCUT2D eigenvalue weighted by Crippen LogP contribution is -2.36. The number of nitrogens with one attached hydrogen (secondary N) is 2. The van der Waals surface area contributed by atoms with Gasteiger partial charge >= 0.3 is 6.03 Å². The molecule has 2 rings (SSSR count). The molecule has 1 aromatic heterocycles. The van der Waals surface area contributed by atoms with Crippen LogP contribution in [0.2, 0.25) is 0 Å². The van der Waals surface area contributed by atoms with Crippen molar-refractivity contribution in [3.63, 3.8) is 0 Å². The predicted molar refractivity (Wildman–Crippen MR) is 82.9 cm³/mol. The van der Waals surface area contributed by atoms with Gasteiger partial charge in [-0.05, 0) is 37.5 Å². The van der Waals surface area contributed by atoms with Crippen molar-refractivity contribution < 1.29 is 9.18 Å². The second kappa shape index (κ2) is 6.60. The summed E-state index contributed by atoms with van der Waals surface area (Å²) in [5.41, 5.74) is 2.98. The van der Waals surface area contributed by atoms with E-state index in [-0.39, 0.29) is 17.9 Å². The van der Waals surface area contributed by atoms with Gasteiger partial charge < -0.3 is 10.6 Å². The number of amides is 2. The molecule has 0 saturated carbocycles. The van der Waals surface area contributed by atoms with Crippen LogP contribution in [0.4, 0.5) is 9.18 Å². The highest BCUT2D eigenvalue weighted by molar-refractivity contribution is 5.74. The van der Waals surface area contributed by atoms with E-state index in [9.17, 15) is 9.18 Å². The number of benzene rings is 1.